The molecule has 3 aromatic rings. The van der Waals surface area contributed by atoms with Gasteiger partial charge in [0.1, 0.15) is 11.3 Å². The average Bonchev–Trinajstić information content (AvgIpc) is 2.51. The molecule has 0 amide bonds. The number of hydrogen-bond donors (Lipinski definition) is 0. The second-order valence-electron chi connectivity index (χ2n) is 5.08. The molecule has 0 aliphatic heterocycles. The molecule has 0 aliphatic carbocycles. The summed E-state index contributed by atoms with van der Waals surface area (Å²) >= 11 is 0. The van der Waals surface area contributed by atoms with E-state index >= 15 is 0 Å². The molecule has 22 heavy (non-hydrogen) atoms. The molecule has 112 valence electrons. The number of benzene rings is 1. The quantitative estimate of drug-likeness (QED) is 0.732. The zero-order valence-corrected chi connectivity index (χ0v) is 12.2. The molecule has 6 nitrogen and oxygen atoms in total. The molecule has 0 saturated carbocycles. The Morgan fingerprint density at radius 3 is 2.55 bits per heavy atom. The Balaban J connectivity index is 2.14. The van der Waals surface area contributed by atoms with Gasteiger partial charge in [-0.3, -0.25) is 9.36 Å². The van der Waals surface area contributed by atoms with Gasteiger partial charge in [0.25, 0.3) is 5.56 Å². The minimum Gasteiger partial charge on any atom is -0.347 e. The van der Waals surface area contributed by atoms with Gasteiger partial charge in [-0.25, -0.2) is 14.4 Å². The lowest BCUT2D eigenvalue weighted by molar-refractivity contribution is 0.626. The summed E-state index contributed by atoms with van der Waals surface area (Å²) in [5, 5.41) is 0. The monoisotopic (exact) mass is 299 g/mol. The van der Waals surface area contributed by atoms with Crippen molar-refractivity contribution in [2.24, 2.45) is 0 Å². The van der Waals surface area contributed by atoms with Crippen molar-refractivity contribution in [2.45, 2.75) is 6.54 Å². The highest BCUT2D eigenvalue weighted by Crippen LogP contribution is 2.12. The summed E-state index contributed by atoms with van der Waals surface area (Å²) in [5.74, 6) is 0.181. The fourth-order valence-electron chi connectivity index (χ4n) is 2.09. The van der Waals surface area contributed by atoms with Gasteiger partial charge in [0.05, 0.1) is 18.9 Å². The Kier molecular flexibility index (Phi) is 3.54. The van der Waals surface area contributed by atoms with Gasteiger partial charge in [-0.15, -0.1) is 0 Å². The van der Waals surface area contributed by atoms with Crippen LogP contribution in [0.5, 0.6) is 0 Å². The number of fused-ring (bicyclic) bond motifs is 1. The minimum atomic E-state index is -0.312. The van der Waals surface area contributed by atoms with E-state index in [1.807, 2.05) is 14.1 Å². The van der Waals surface area contributed by atoms with Crippen LogP contribution in [-0.2, 0) is 6.54 Å². The van der Waals surface area contributed by atoms with Crippen LogP contribution < -0.4 is 10.5 Å². The van der Waals surface area contributed by atoms with E-state index in [1.165, 1.54) is 22.9 Å². The maximum Gasteiger partial charge on any atom is 0.270 e. The second kappa shape index (κ2) is 5.51. The zero-order valence-electron chi connectivity index (χ0n) is 12.2. The van der Waals surface area contributed by atoms with Crippen molar-refractivity contribution in [3.63, 3.8) is 0 Å². The number of rotatable bonds is 3. The van der Waals surface area contributed by atoms with Crippen LogP contribution in [0.15, 0.2) is 41.5 Å². The molecule has 0 saturated heterocycles. The van der Waals surface area contributed by atoms with Gasteiger partial charge in [0, 0.05) is 14.1 Å². The van der Waals surface area contributed by atoms with Crippen molar-refractivity contribution in [1.29, 1.82) is 0 Å². The smallest absolute Gasteiger partial charge is 0.270 e. The summed E-state index contributed by atoms with van der Waals surface area (Å²) in [4.78, 5) is 26.5. The van der Waals surface area contributed by atoms with Crippen molar-refractivity contribution < 1.29 is 4.39 Å². The van der Waals surface area contributed by atoms with Crippen molar-refractivity contribution in [3.8, 4) is 0 Å². The van der Waals surface area contributed by atoms with Crippen molar-refractivity contribution >= 4 is 17.1 Å². The molecule has 3 rings (SSSR count). The summed E-state index contributed by atoms with van der Waals surface area (Å²) in [5.41, 5.74) is 1.53. The average molecular weight is 299 g/mol. The molecule has 7 heteroatoms. The summed E-state index contributed by atoms with van der Waals surface area (Å²) in [6.45, 7) is 0.294. The molecule has 0 spiro atoms. The molecular weight excluding hydrogens is 285 g/mol. The first-order chi connectivity index (χ1) is 10.5. The molecule has 0 aliphatic rings. The standard InChI is InChI=1S/C15H14FN5O/c1-20(2)15-18-7-12-14(19-15)21(13(22)8-17-12)9-10-3-5-11(16)6-4-10/h3-8H,9H2,1-2H3. The highest BCUT2D eigenvalue weighted by molar-refractivity contribution is 5.70. The second-order valence-corrected chi connectivity index (χ2v) is 5.08. The number of halogens is 1. The molecule has 0 fully saturated rings. The first-order valence-corrected chi connectivity index (χ1v) is 6.69. The maximum absolute atomic E-state index is 13.0. The van der Waals surface area contributed by atoms with Gasteiger partial charge < -0.3 is 4.90 Å². The van der Waals surface area contributed by atoms with Gasteiger partial charge in [0.2, 0.25) is 5.95 Å². The first-order valence-electron chi connectivity index (χ1n) is 6.69. The van der Waals surface area contributed by atoms with E-state index in [2.05, 4.69) is 15.0 Å². The molecule has 0 N–H and O–H groups in total. The van der Waals surface area contributed by atoms with Crippen LogP contribution in [-0.4, -0.2) is 33.6 Å². The van der Waals surface area contributed by atoms with Crippen LogP contribution in [0.2, 0.25) is 0 Å². The van der Waals surface area contributed by atoms with E-state index in [4.69, 9.17) is 0 Å². The van der Waals surface area contributed by atoms with Gasteiger partial charge in [-0.2, -0.15) is 4.98 Å². The van der Waals surface area contributed by atoms with Crippen LogP contribution >= 0.6 is 0 Å². The Morgan fingerprint density at radius 1 is 1.14 bits per heavy atom. The molecule has 2 aromatic heterocycles. The Hall–Kier alpha value is -2.83. The Labute approximate surface area is 125 Å². The van der Waals surface area contributed by atoms with Crippen molar-refractivity contribution in [3.05, 3.63) is 58.4 Å². The number of hydrogen-bond acceptors (Lipinski definition) is 5. The van der Waals surface area contributed by atoms with Crippen LogP contribution in [0.4, 0.5) is 10.3 Å². The molecular formula is C15H14FN5O. The summed E-state index contributed by atoms with van der Waals surface area (Å²) in [7, 11) is 3.64. The minimum absolute atomic E-state index is 0.264. The van der Waals surface area contributed by atoms with E-state index in [9.17, 15) is 9.18 Å². The molecule has 0 radical (unpaired) electrons. The number of aromatic nitrogens is 4. The molecule has 2 heterocycles. The maximum atomic E-state index is 13.0. The van der Waals surface area contributed by atoms with Gasteiger partial charge in [0.15, 0.2) is 5.65 Å². The van der Waals surface area contributed by atoms with Gasteiger partial charge in [-0.05, 0) is 17.7 Å². The lowest BCUT2D eigenvalue weighted by atomic mass is 10.2. The van der Waals surface area contributed by atoms with Crippen LogP contribution in [0.1, 0.15) is 5.56 Å². The fraction of sp³-hybridized carbons (Fsp3) is 0.200. The van der Waals surface area contributed by atoms with Crippen molar-refractivity contribution in [1.82, 2.24) is 19.5 Å². The fourth-order valence-corrected chi connectivity index (χ4v) is 2.09. The summed E-state index contributed by atoms with van der Waals surface area (Å²) < 4.78 is 14.5. The predicted molar refractivity (Wildman–Crippen MR) is 81.4 cm³/mol. The normalized spacial score (nSPS) is 10.9. The van der Waals surface area contributed by atoms with E-state index < -0.39 is 0 Å². The topological polar surface area (TPSA) is 63.9 Å². The summed E-state index contributed by atoms with van der Waals surface area (Å²) in [6.07, 6.45) is 2.82. The summed E-state index contributed by atoms with van der Waals surface area (Å²) in [6, 6.07) is 6.01. The lowest BCUT2D eigenvalue weighted by Gasteiger charge is -2.13. The van der Waals surface area contributed by atoms with E-state index in [0.29, 0.717) is 23.7 Å². The van der Waals surface area contributed by atoms with E-state index in [1.54, 1.807) is 23.2 Å². The molecule has 0 bridgehead atoms. The Bertz CT molecular complexity index is 873. The van der Waals surface area contributed by atoms with Gasteiger partial charge in [-0.1, -0.05) is 12.1 Å². The van der Waals surface area contributed by atoms with E-state index in [-0.39, 0.29) is 11.4 Å². The lowest BCUT2D eigenvalue weighted by Crippen LogP contribution is -2.23. The molecule has 0 unspecified atom stereocenters. The predicted octanol–water partition coefficient (Wildman–Crippen LogP) is 1.44. The van der Waals surface area contributed by atoms with Crippen LogP contribution in [0, 0.1) is 5.82 Å². The largest absolute Gasteiger partial charge is 0.347 e. The highest BCUT2D eigenvalue weighted by atomic mass is 19.1. The zero-order chi connectivity index (χ0) is 15.7. The van der Waals surface area contributed by atoms with Crippen LogP contribution in [0.25, 0.3) is 11.2 Å². The number of anilines is 1. The molecule has 0 atom stereocenters. The Morgan fingerprint density at radius 2 is 1.86 bits per heavy atom. The van der Waals surface area contributed by atoms with Crippen molar-refractivity contribution in [2.75, 3.05) is 19.0 Å². The first kappa shape index (κ1) is 14.1. The third-order valence-corrected chi connectivity index (χ3v) is 3.23. The highest BCUT2D eigenvalue weighted by Gasteiger charge is 2.09. The third kappa shape index (κ3) is 2.65. The number of nitrogens with zero attached hydrogens (tertiary/aromatic N) is 5. The SMILES string of the molecule is CN(C)c1ncc2ncc(=O)n(Cc3ccc(F)cc3)c2n1. The van der Waals surface area contributed by atoms with Crippen LogP contribution in [0.3, 0.4) is 0 Å². The third-order valence-electron chi connectivity index (χ3n) is 3.23. The van der Waals surface area contributed by atoms with Gasteiger partial charge >= 0.3 is 0 Å². The van der Waals surface area contributed by atoms with E-state index in [0.717, 1.165) is 5.56 Å². The molecule has 1 aromatic carbocycles.